The molecule has 0 unspecified atom stereocenters. The maximum absolute atomic E-state index is 14.0. The summed E-state index contributed by atoms with van der Waals surface area (Å²) in [7, 11) is 0. The summed E-state index contributed by atoms with van der Waals surface area (Å²) in [5.41, 5.74) is 1.46. The van der Waals surface area contributed by atoms with Crippen molar-refractivity contribution in [2.24, 2.45) is 0 Å². The van der Waals surface area contributed by atoms with E-state index in [1.165, 1.54) is 9.58 Å². The monoisotopic (exact) mass is 503 g/mol. The zero-order valence-electron chi connectivity index (χ0n) is 21.9. The topological polar surface area (TPSA) is 102 Å². The fourth-order valence-electron chi connectivity index (χ4n) is 4.01. The molecule has 2 amide bonds. The molecule has 0 spiro atoms. The molecule has 0 bridgehead atoms. The van der Waals surface area contributed by atoms with Crippen LogP contribution in [0.15, 0.2) is 65.1 Å². The fraction of sp³-hybridized carbons (Fsp3) is 0.357. The second-order valence-corrected chi connectivity index (χ2v) is 9.50. The fourth-order valence-corrected chi connectivity index (χ4v) is 4.01. The van der Waals surface area contributed by atoms with Gasteiger partial charge >= 0.3 is 0 Å². The first kappa shape index (κ1) is 25.9. The highest BCUT2D eigenvalue weighted by molar-refractivity contribution is 6.01. The van der Waals surface area contributed by atoms with Crippen molar-refractivity contribution in [3.05, 3.63) is 72.2 Å². The third-order valence-electron chi connectivity index (χ3n) is 6.28. The second-order valence-electron chi connectivity index (χ2n) is 9.50. The number of rotatable bonds is 10. The minimum Gasteiger partial charge on any atom is -0.494 e. The minimum atomic E-state index is -1.04. The predicted molar refractivity (Wildman–Crippen MR) is 141 cm³/mol. The number of aromatic nitrogens is 3. The van der Waals surface area contributed by atoms with Gasteiger partial charge in [-0.1, -0.05) is 24.3 Å². The number of para-hydroxylation sites is 1. The van der Waals surface area contributed by atoms with Crippen molar-refractivity contribution in [1.82, 2.24) is 20.3 Å². The average molecular weight is 504 g/mol. The predicted octanol–water partition coefficient (Wildman–Crippen LogP) is 4.81. The molecule has 1 atom stereocenters. The molecule has 4 rings (SSSR count). The molecule has 1 N–H and O–H groups in total. The van der Waals surface area contributed by atoms with E-state index in [4.69, 9.17) is 9.15 Å². The standard InChI is InChI=1S/C28H33N5O4/c1-6-28(4,5)29-27(35)26(24-17-12-19(3)37-24)33(20-13-15-21(16-14-20)36-7-2)25(34)18-32-23-11-9-8-10-22(23)30-31-32/h8-17,26H,6-7,18H2,1-5H3,(H,29,35)/t26-/m0/s1. The molecule has 0 saturated carbocycles. The number of anilines is 1. The highest BCUT2D eigenvalue weighted by atomic mass is 16.5. The van der Waals surface area contributed by atoms with E-state index in [1.807, 2.05) is 52.0 Å². The molecular weight excluding hydrogens is 470 g/mol. The Morgan fingerprint density at radius 3 is 2.46 bits per heavy atom. The van der Waals surface area contributed by atoms with Crippen LogP contribution in [0.1, 0.15) is 51.7 Å². The van der Waals surface area contributed by atoms with Gasteiger partial charge in [-0.25, -0.2) is 4.68 Å². The molecule has 2 aromatic carbocycles. The van der Waals surface area contributed by atoms with Crippen molar-refractivity contribution >= 4 is 28.5 Å². The molecule has 2 aromatic heterocycles. The number of hydrogen-bond acceptors (Lipinski definition) is 6. The van der Waals surface area contributed by atoms with Gasteiger partial charge in [-0.05, 0) is 82.6 Å². The Hall–Kier alpha value is -4.14. The Bertz CT molecular complexity index is 1370. The van der Waals surface area contributed by atoms with Gasteiger partial charge in [-0.15, -0.1) is 5.10 Å². The van der Waals surface area contributed by atoms with Crippen LogP contribution in [0.5, 0.6) is 5.75 Å². The first-order valence-electron chi connectivity index (χ1n) is 12.4. The first-order valence-corrected chi connectivity index (χ1v) is 12.4. The summed E-state index contributed by atoms with van der Waals surface area (Å²) in [6.45, 7) is 10.00. The van der Waals surface area contributed by atoms with Crippen molar-refractivity contribution < 1.29 is 18.7 Å². The maximum Gasteiger partial charge on any atom is 0.251 e. The summed E-state index contributed by atoms with van der Waals surface area (Å²) >= 11 is 0. The highest BCUT2D eigenvalue weighted by Gasteiger charge is 2.37. The van der Waals surface area contributed by atoms with Crippen LogP contribution in [0.3, 0.4) is 0 Å². The lowest BCUT2D eigenvalue weighted by molar-refractivity contribution is -0.128. The van der Waals surface area contributed by atoms with Crippen LogP contribution in [0.25, 0.3) is 11.0 Å². The third kappa shape index (κ3) is 5.82. The molecule has 0 aliphatic rings. The van der Waals surface area contributed by atoms with Crippen molar-refractivity contribution in [2.45, 2.75) is 59.2 Å². The van der Waals surface area contributed by atoms with Crippen molar-refractivity contribution in [3.63, 3.8) is 0 Å². The average Bonchev–Trinajstić information content (AvgIpc) is 3.49. The van der Waals surface area contributed by atoms with Gasteiger partial charge in [0.05, 0.1) is 12.1 Å². The van der Waals surface area contributed by atoms with Gasteiger partial charge in [0.2, 0.25) is 5.91 Å². The Morgan fingerprint density at radius 2 is 1.81 bits per heavy atom. The van der Waals surface area contributed by atoms with Crippen LogP contribution in [0.4, 0.5) is 5.69 Å². The van der Waals surface area contributed by atoms with E-state index in [9.17, 15) is 9.59 Å². The first-order chi connectivity index (χ1) is 17.7. The SMILES string of the molecule is CCOc1ccc(N(C(=O)Cn2nnc3ccccc32)[C@H](C(=O)NC(C)(C)CC)c2ccc(C)o2)cc1. The number of nitrogens with zero attached hydrogens (tertiary/aromatic N) is 4. The van der Waals surface area contributed by atoms with Gasteiger partial charge in [0, 0.05) is 11.2 Å². The van der Waals surface area contributed by atoms with E-state index < -0.39 is 11.6 Å². The van der Waals surface area contributed by atoms with Gasteiger partial charge < -0.3 is 14.5 Å². The number of fused-ring (bicyclic) bond motifs is 1. The molecule has 2 heterocycles. The summed E-state index contributed by atoms with van der Waals surface area (Å²) in [5, 5.41) is 11.4. The quantitative estimate of drug-likeness (QED) is 0.333. The van der Waals surface area contributed by atoms with Crippen LogP contribution in [-0.4, -0.2) is 39.0 Å². The number of benzene rings is 2. The number of carbonyl (C=O) groups excluding carboxylic acids is 2. The number of aryl methyl sites for hydroxylation is 1. The van der Waals surface area contributed by atoms with E-state index in [0.717, 1.165) is 5.52 Å². The van der Waals surface area contributed by atoms with Gasteiger partial charge in [-0.3, -0.25) is 14.5 Å². The summed E-state index contributed by atoms with van der Waals surface area (Å²) in [6.07, 6.45) is 0.713. The Morgan fingerprint density at radius 1 is 1.08 bits per heavy atom. The summed E-state index contributed by atoms with van der Waals surface area (Å²) < 4.78 is 13.0. The van der Waals surface area contributed by atoms with E-state index in [2.05, 4.69) is 15.6 Å². The molecule has 0 saturated heterocycles. The van der Waals surface area contributed by atoms with Crippen LogP contribution in [0.2, 0.25) is 0 Å². The molecule has 9 nitrogen and oxygen atoms in total. The molecule has 0 fully saturated rings. The van der Waals surface area contributed by atoms with E-state index >= 15 is 0 Å². The number of furan rings is 1. The van der Waals surface area contributed by atoms with Gasteiger partial charge in [0.15, 0.2) is 6.04 Å². The number of nitrogens with one attached hydrogen (secondary N) is 1. The third-order valence-corrected chi connectivity index (χ3v) is 6.28. The van der Waals surface area contributed by atoms with Gasteiger partial charge in [0.25, 0.3) is 5.91 Å². The Labute approximate surface area is 216 Å². The van der Waals surface area contributed by atoms with Crippen LogP contribution < -0.4 is 15.0 Å². The van der Waals surface area contributed by atoms with Crippen molar-refractivity contribution in [3.8, 4) is 5.75 Å². The number of hydrogen-bond donors (Lipinski definition) is 1. The zero-order valence-corrected chi connectivity index (χ0v) is 21.9. The molecule has 9 heteroatoms. The molecule has 194 valence electrons. The summed E-state index contributed by atoms with van der Waals surface area (Å²) in [6, 6.07) is 17.0. The largest absolute Gasteiger partial charge is 0.494 e. The molecular formula is C28H33N5O4. The van der Waals surface area contributed by atoms with E-state index in [-0.39, 0.29) is 18.4 Å². The molecule has 0 aliphatic carbocycles. The molecule has 0 radical (unpaired) electrons. The lowest BCUT2D eigenvalue weighted by Crippen LogP contribution is -2.51. The molecule has 37 heavy (non-hydrogen) atoms. The summed E-state index contributed by atoms with van der Waals surface area (Å²) in [5.74, 6) is 0.995. The van der Waals surface area contributed by atoms with Crippen molar-refractivity contribution in [1.29, 1.82) is 0 Å². The van der Waals surface area contributed by atoms with Crippen molar-refractivity contribution in [2.75, 3.05) is 11.5 Å². The normalized spacial score (nSPS) is 12.4. The maximum atomic E-state index is 14.0. The Kier molecular flexibility index (Phi) is 7.61. The van der Waals surface area contributed by atoms with E-state index in [0.29, 0.717) is 41.5 Å². The lowest BCUT2D eigenvalue weighted by atomic mass is 10.0. The van der Waals surface area contributed by atoms with Gasteiger partial charge in [-0.2, -0.15) is 0 Å². The lowest BCUT2D eigenvalue weighted by Gasteiger charge is -2.33. The van der Waals surface area contributed by atoms with E-state index in [1.54, 1.807) is 43.3 Å². The summed E-state index contributed by atoms with van der Waals surface area (Å²) in [4.78, 5) is 29.3. The molecule has 0 aliphatic heterocycles. The van der Waals surface area contributed by atoms with Crippen LogP contribution >= 0.6 is 0 Å². The Balaban J connectivity index is 1.79. The van der Waals surface area contributed by atoms with Crippen LogP contribution in [-0.2, 0) is 16.1 Å². The van der Waals surface area contributed by atoms with Crippen LogP contribution in [0, 0.1) is 6.92 Å². The van der Waals surface area contributed by atoms with Gasteiger partial charge in [0.1, 0.15) is 29.3 Å². The number of amides is 2. The molecule has 4 aromatic rings. The minimum absolute atomic E-state index is 0.117. The zero-order chi connectivity index (χ0) is 26.6. The number of ether oxygens (including phenoxy) is 1. The smallest absolute Gasteiger partial charge is 0.251 e. The highest BCUT2D eigenvalue weighted by Crippen LogP contribution is 2.32. The second kappa shape index (κ2) is 10.9. The number of carbonyl (C=O) groups is 2.